The van der Waals surface area contributed by atoms with Crippen LogP contribution in [0, 0.1) is 0 Å². The lowest BCUT2D eigenvalue weighted by molar-refractivity contribution is -0.137. The number of carbonyl (C=O) groups excluding carboxylic acids is 1. The molecule has 1 unspecified atom stereocenters. The van der Waals surface area contributed by atoms with Gasteiger partial charge in [0.25, 0.3) is 5.91 Å². The monoisotopic (exact) mass is 456 g/mol. The van der Waals surface area contributed by atoms with Crippen LogP contribution in [0.3, 0.4) is 0 Å². The van der Waals surface area contributed by atoms with Crippen LogP contribution in [0.1, 0.15) is 29.5 Å². The fourth-order valence-corrected chi connectivity index (χ4v) is 5.91. The molecule has 2 aromatic rings. The van der Waals surface area contributed by atoms with Crippen LogP contribution in [-0.2, 0) is 23.2 Å². The Hall–Kier alpha value is -1.79. The maximum Gasteiger partial charge on any atom is 0.265 e. The number of halogens is 1. The largest absolute Gasteiger partial charge is 0.483 e. The van der Waals surface area contributed by atoms with Crippen molar-refractivity contribution in [3.63, 3.8) is 0 Å². The summed E-state index contributed by atoms with van der Waals surface area (Å²) in [4.78, 5) is 20.5. The van der Waals surface area contributed by atoms with E-state index in [9.17, 15) is 4.79 Å². The lowest BCUT2D eigenvalue weighted by Gasteiger charge is -2.38. The highest BCUT2D eigenvalue weighted by molar-refractivity contribution is 9.10. The lowest BCUT2D eigenvalue weighted by Crippen LogP contribution is -2.56. The summed E-state index contributed by atoms with van der Waals surface area (Å²) in [5.41, 5.74) is 1.90. The lowest BCUT2D eigenvalue weighted by atomic mass is 9.72. The molecular formula is C22H21BrN2O2S. The van der Waals surface area contributed by atoms with Gasteiger partial charge in [-0.3, -0.25) is 9.69 Å². The van der Waals surface area contributed by atoms with Crippen LogP contribution >= 0.6 is 27.7 Å². The van der Waals surface area contributed by atoms with E-state index in [4.69, 9.17) is 9.73 Å². The number of aryl methyl sites for hydroxylation is 2. The Morgan fingerprint density at radius 1 is 1.14 bits per heavy atom. The summed E-state index contributed by atoms with van der Waals surface area (Å²) >= 11 is 5.09. The minimum Gasteiger partial charge on any atom is -0.483 e. The van der Waals surface area contributed by atoms with Gasteiger partial charge >= 0.3 is 0 Å². The summed E-state index contributed by atoms with van der Waals surface area (Å²) in [6.07, 6.45) is 5.26. The number of aliphatic imine (C=N–C) groups is 1. The zero-order valence-electron chi connectivity index (χ0n) is 15.9. The highest BCUT2D eigenvalue weighted by atomic mass is 79.9. The van der Waals surface area contributed by atoms with Crippen molar-refractivity contribution in [1.29, 1.82) is 0 Å². The number of hydrogen-bond donors (Lipinski definition) is 0. The van der Waals surface area contributed by atoms with Gasteiger partial charge in [-0.25, -0.2) is 4.99 Å². The maximum absolute atomic E-state index is 13.7. The number of nitrogens with zero attached hydrogens (tertiary/aromatic N) is 2. The number of ether oxygens (including phenoxy) is 1. The van der Waals surface area contributed by atoms with Crippen LogP contribution in [-0.4, -0.2) is 34.9 Å². The van der Waals surface area contributed by atoms with Crippen molar-refractivity contribution >= 4 is 38.8 Å². The number of likely N-dealkylation sites (N-methyl/N-ethyl adjacent to an activating group) is 1. The average molecular weight is 457 g/mol. The molecule has 0 aromatic heterocycles. The van der Waals surface area contributed by atoms with E-state index >= 15 is 0 Å². The first-order valence-corrected chi connectivity index (χ1v) is 11.5. The van der Waals surface area contributed by atoms with Crippen molar-refractivity contribution in [3.05, 3.63) is 63.6 Å². The molecule has 2 heterocycles. The summed E-state index contributed by atoms with van der Waals surface area (Å²) in [5.74, 6) is 0.793. The third-order valence-corrected chi connectivity index (χ3v) is 7.58. The molecule has 0 fully saturated rings. The van der Waals surface area contributed by atoms with E-state index in [1.54, 1.807) is 4.90 Å². The van der Waals surface area contributed by atoms with Crippen LogP contribution in [0.2, 0.25) is 0 Å². The summed E-state index contributed by atoms with van der Waals surface area (Å²) in [6, 6.07) is 14.5. The first-order valence-electron chi connectivity index (χ1n) is 9.48. The van der Waals surface area contributed by atoms with E-state index in [0.29, 0.717) is 0 Å². The van der Waals surface area contributed by atoms with Crippen LogP contribution in [0.25, 0.3) is 0 Å². The van der Waals surface area contributed by atoms with Crippen molar-refractivity contribution in [2.45, 2.75) is 36.8 Å². The molecule has 2 aromatic carbocycles. The minimum atomic E-state index is -1.01. The smallest absolute Gasteiger partial charge is 0.265 e. The summed E-state index contributed by atoms with van der Waals surface area (Å²) in [5, 5.41) is 0.752. The molecule has 3 aliphatic rings. The Kier molecular flexibility index (Phi) is 4.14. The highest BCUT2D eigenvalue weighted by Gasteiger charge is 2.68. The van der Waals surface area contributed by atoms with Gasteiger partial charge in [0.2, 0.25) is 5.54 Å². The van der Waals surface area contributed by atoms with Crippen molar-refractivity contribution < 1.29 is 9.53 Å². The van der Waals surface area contributed by atoms with Crippen LogP contribution in [0.4, 0.5) is 0 Å². The van der Waals surface area contributed by atoms with Gasteiger partial charge in [-0.1, -0.05) is 52.0 Å². The second kappa shape index (κ2) is 6.36. The molecule has 6 heteroatoms. The molecule has 28 heavy (non-hydrogen) atoms. The normalized spacial score (nSPS) is 24.8. The zero-order valence-corrected chi connectivity index (χ0v) is 18.3. The molecule has 0 radical (unpaired) electrons. The Balaban J connectivity index is 1.71. The first-order chi connectivity index (χ1) is 13.5. The predicted molar refractivity (Wildman–Crippen MR) is 116 cm³/mol. The van der Waals surface area contributed by atoms with Gasteiger partial charge in [-0.05, 0) is 61.3 Å². The van der Waals surface area contributed by atoms with Crippen molar-refractivity contribution in [1.82, 2.24) is 4.90 Å². The number of hydrogen-bond acceptors (Lipinski definition) is 4. The molecule has 0 saturated carbocycles. The summed E-state index contributed by atoms with van der Waals surface area (Å²) in [6.45, 7) is 0. The standard InChI is InChI=1S/C22H21BrN2O2S/c1-25-19(26)22(24-20(25)28-2)17-13-16(23)7-8-18(17)27-21(22)11-9-14-5-3-4-6-15(14)10-12-21/h3-8,13H,9-12H2,1-2H3. The van der Waals surface area contributed by atoms with E-state index in [-0.39, 0.29) is 5.91 Å². The van der Waals surface area contributed by atoms with Gasteiger partial charge < -0.3 is 4.74 Å². The average Bonchev–Trinajstić information content (AvgIpc) is 3.02. The molecule has 1 amide bonds. The number of rotatable bonds is 0. The van der Waals surface area contributed by atoms with E-state index in [1.807, 2.05) is 31.5 Å². The third-order valence-electron chi connectivity index (χ3n) is 6.36. The van der Waals surface area contributed by atoms with Crippen LogP contribution in [0.15, 0.2) is 51.9 Å². The van der Waals surface area contributed by atoms with Gasteiger partial charge in [-0.2, -0.15) is 0 Å². The number of amidine groups is 1. The molecule has 1 atom stereocenters. The zero-order chi connectivity index (χ0) is 19.5. The Morgan fingerprint density at radius 2 is 1.82 bits per heavy atom. The van der Waals surface area contributed by atoms with Gasteiger partial charge in [0.05, 0.1) is 0 Å². The molecule has 1 aliphatic carbocycles. The highest BCUT2D eigenvalue weighted by Crippen LogP contribution is 2.58. The van der Waals surface area contributed by atoms with Gasteiger partial charge in [-0.15, -0.1) is 0 Å². The fourth-order valence-electron chi connectivity index (χ4n) is 4.96. The molecule has 2 aliphatic heterocycles. The molecule has 2 spiro atoms. The van der Waals surface area contributed by atoms with E-state index in [2.05, 4.69) is 40.2 Å². The van der Waals surface area contributed by atoms with Gasteiger partial charge in [0, 0.05) is 17.1 Å². The van der Waals surface area contributed by atoms with E-state index in [0.717, 1.165) is 46.6 Å². The molecule has 4 nitrogen and oxygen atoms in total. The van der Waals surface area contributed by atoms with E-state index < -0.39 is 11.1 Å². The SMILES string of the molecule is CSC1=NC2(C(=O)N1C)c1cc(Br)ccc1OC21CCc2ccccc2CC1. The van der Waals surface area contributed by atoms with Crippen molar-refractivity contribution in [2.75, 3.05) is 13.3 Å². The second-order valence-corrected chi connectivity index (χ2v) is 9.37. The molecule has 144 valence electrons. The third kappa shape index (κ3) is 2.31. The minimum absolute atomic E-state index is 0.0136. The molecular weight excluding hydrogens is 436 g/mol. The van der Waals surface area contributed by atoms with E-state index in [1.165, 1.54) is 22.9 Å². The quantitative estimate of drug-likeness (QED) is 0.583. The Morgan fingerprint density at radius 3 is 2.43 bits per heavy atom. The molecule has 0 N–H and O–H groups in total. The Labute approximate surface area is 177 Å². The van der Waals surface area contributed by atoms with Crippen molar-refractivity contribution in [3.8, 4) is 5.75 Å². The fraction of sp³-hybridized carbons (Fsp3) is 0.364. The van der Waals surface area contributed by atoms with Crippen LogP contribution in [0.5, 0.6) is 5.75 Å². The molecule has 0 saturated heterocycles. The number of benzene rings is 2. The topological polar surface area (TPSA) is 41.9 Å². The number of thioether (sulfide) groups is 1. The van der Waals surface area contributed by atoms with Gasteiger partial charge in [0.1, 0.15) is 11.4 Å². The summed E-state index contributed by atoms with van der Waals surface area (Å²) in [7, 11) is 1.82. The molecule has 5 rings (SSSR count). The van der Waals surface area contributed by atoms with Crippen molar-refractivity contribution in [2.24, 2.45) is 4.99 Å². The number of fused-ring (bicyclic) bond motifs is 4. The molecule has 0 bridgehead atoms. The Bertz CT molecular complexity index is 994. The van der Waals surface area contributed by atoms with Crippen LogP contribution < -0.4 is 4.74 Å². The number of amides is 1. The second-order valence-electron chi connectivity index (χ2n) is 7.68. The van der Waals surface area contributed by atoms with Gasteiger partial charge in [0.15, 0.2) is 5.17 Å². The first kappa shape index (κ1) is 18.3. The summed E-state index contributed by atoms with van der Waals surface area (Å²) < 4.78 is 7.60. The number of carbonyl (C=O) groups is 1. The maximum atomic E-state index is 13.7. The predicted octanol–water partition coefficient (Wildman–Crippen LogP) is 4.55.